The second kappa shape index (κ2) is 6.15. The fraction of sp³-hybridized carbons (Fsp3) is 0.286. The van der Waals surface area contributed by atoms with Crippen molar-refractivity contribution in [3.05, 3.63) is 46.2 Å². The Morgan fingerprint density at radius 2 is 2.05 bits per heavy atom. The number of aromatic nitrogens is 1. The fourth-order valence-corrected chi connectivity index (χ4v) is 1.85. The molecule has 2 rings (SSSR count). The van der Waals surface area contributed by atoms with Crippen molar-refractivity contribution in [2.24, 2.45) is 0 Å². The first-order chi connectivity index (χ1) is 9.22. The minimum atomic E-state index is -0.361. The number of carbonyl (C=O) groups is 1. The SMILES string of the molecule is CCNCCNC(=O)c1cc2ccccc2[nH]c1=O. The summed E-state index contributed by atoms with van der Waals surface area (Å²) in [5.74, 6) is -0.343. The Morgan fingerprint density at radius 3 is 2.84 bits per heavy atom. The molecule has 0 saturated carbocycles. The van der Waals surface area contributed by atoms with Gasteiger partial charge < -0.3 is 15.6 Å². The molecule has 0 bridgehead atoms. The summed E-state index contributed by atoms with van der Waals surface area (Å²) >= 11 is 0. The number of pyridine rings is 1. The maximum absolute atomic E-state index is 11.9. The standard InChI is InChI=1S/C14H17N3O2/c1-2-15-7-8-16-13(18)11-9-10-5-3-4-6-12(10)17-14(11)19/h3-6,9,15H,2,7-8H2,1H3,(H,16,18)(H,17,19). The van der Waals surface area contributed by atoms with Crippen molar-refractivity contribution in [1.82, 2.24) is 15.6 Å². The Hall–Kier alpha value is -2.14. The highest BCUT2D eigenvalue weighted by molar-refractivity contribution is 5.97. The lowest BCUT2D eigenvalue weighted by molar-refractivity contribution is 0.0952. The molecule has 0 fully saturated rings. The first-order valence-electron chi connectivity index (χ1n) is 6.33. The van der Waals surface area contributed by atoms with Crippen LogP contribution in [-0.4, -0.2) is 30.5 Å². The summed E-state index contributed by atoms with van der Waals surface area (Å²) in [6, 6.07) is 9.00. The Balaban J connectivity index is 2.17. The molecular formula is C14H17N3O2. The van der Waals surface area contributed by atoms with E-state index in [9.17, 15) is 9.59 Å². The van der Waals surface area contributed by atoms with Crippen molar-refractivity contribution in [1.29, 1.82) is 0 Å². The third-order valence-electron chi connectivity index (χ3n) is 2.84. The molecule has 1 aromatic heterocycles. The molecule has 0 aliphatic heterocycles. The predicted molar refractivity (Wildman–Crippen MR) is 75.4 cm³/mol. The van der Waals surface area contributed by atoms with Crippen molar-refractivity contribution in [2.75, 3.05) is 19.6 Å². The van der Waals surface area contributed by atoms with Crippen LogP contribution >= 0.6 is 0 Å². The summed E-state index contributed by atoms with van der Waals surface area (Å²) in [6.45, 7) is 4.04. The lowest BCUT2D eigenvalue weighted by Crippen LogP contribution is -2.34. The van der Waals surface area contributed by atoms with E-state index in [0.717, 1.165) is 17.4 Å². The Morgan fingerprint density at radius 1 is 1.26 bits per heavy atom. The third-order valence-corrected chi connectivity index (χ3v) is 2.84. The van der Waals surface area contributed by atoms with E-state index in [1.807, 2.05) is 31.2 Å². The van der Waals surface area contributed by atoms with E-state index in [0.29, 0.717) is 13.1 Å². The molecule has 0 radical (unpaired) electrons. The van der Waals surface area contributed by atoms with Gasteiger partial charge in [0.15, 0.2) is 0 Å². The summed E-state index contributed by atoms with van der Waals surface area (Å²) in [5.41, 5.74) is 0.520. The summed E-state index contributed by atoms with van der Waals surface area (Å²) in [4.78, 5) is 26.5. The zero-order valence-corrected chi connectivity index (χ0v) is 10.8. The summed E-state index contributed by atoms with van der Waals surface area (Å²) in [7, 11) is 0. The zero-order chi connectivity index (χ0) is 13.7. The van der Waals surface area contributed by atoms with Gasteiger partial charge >= 0.3 is 0 Å². The molecule has 3 N–H and O–H groups in total. The number of amides is 1. The van der Waals surface area contributed by atoms with Crippen molar-refractivity contribution in [3.8, 4) is 0 Å². The molecule has 5 nitrogen and oxygen atoms in total. The number of benzene rings is 1. The first kappa shape index (κ1) is 13.3. The van der Waals surface area contributed by atoms with E-state index in [1.165, 1.54) is 0 Å². The van der Waals surface area contributed by atoms with Gasteiger partial charge in [0.05, 0.1) is 0 Å². The summed E-state index contributed by atoms with van der Waals surface area (Å²) in [5, 5.41) is 6.66. The third kappa shape index (κ3) is 3.20. The van der Waals surface area contributed by atoms with Gasteiger partial charge in [-0.3, -0.25) is 9.59 Å². The number of aromatic amines is 1. The largest absolute Gasteiger partial charge is 0.351 e. The Labute approximate surface area is 111 Å². The quantitative estimate of drug-likeness (QED) is 0.697. The van der Waals surface area contributed by atoms with E-state index in [1.54, 1.807) is 6.07 Å². The fourth-order valence-electron chi connectivity index (χ4n) is 1.85. The van der Waals surface area contributed by atoms with Crippen LogP contribution in [0.25, 0.3) is 10.9 Å². The smallest absolute Gasteiger partial charge is 0.261 e. The normalized spacial score (nSPS) is 10.6. The number of fused-ring (bicyclic) bond motifs is 1. The topological polar surface area (TPSA) is 74.0 Å². The number of H-pyrrole nitrogens is 1. The molecule has 1 aromatic carbocycles. The second-order valence-electron chi connectivity index (χ2n) is 4.21. The predicted octanol–water partition coefficient (Wildman–Crippen LogP) is 0.867. The molecular weight excluding hydrogens is 242 g/mol. The van der Waals surface area contributed by atoms with Crippen LogP contribution < -0.4 is 16.2 Å². The lowest BCUT2D eigenvalue weighted by Gasteiger charge is -2.06. The van der Waals surface area contributed by atoms with Gasteiger partial charge in [-0.05, 0) is 24.1 Å². The van der Waals surface area contributed by atoms with Crippen LogP contribution in [0.4, 0.5) is 0 Å². The lowest BCUT2D eigenvalue weighted by atomic mass is 10.1. The van der Waals surface area contributed by atoms with Gasteiger partial charge in [-0.2, -0.15) is 0 Å². The van der Waals surface area contributed by atoms with Crippen LogP contribution in [0.5, 0.6) is 0 Å². The van der Waals surface area contributed by atoms with Crippen molar-refractivity contribution < 1.29 is 4.79 Å². The Kier molecular flexibility index (Phi) is 4.30. The molecule has 1 amide bonds. The highest BCUT2D eigenvalue weighted by atomic mass is 16.2. The monoisotopic (exact) mass is 259 g/mol. The maximum atomic E-state index is 11.9. The van der Waals surface area contributed by atoms with E-state index in [4.69, 9.17) is 0 Å². The highest BCUT2D eigenvalue weighted by Crippen LogP contribution is 2.09. The second-order valence-corrected chi connectivity index (χ2v) is 4.21. The molecule has 0 aliphatic carbocycles. The highest BCUT2D eigenvalue weighted by Gasteiger charge is 2.10. The summed E-state index contributed by atoms with van der Waals surface area (Å²) in [6.07, 6.45) is 0. The van der Waals surface area contributed by atoms with Gasteiger partial charge in [0, 0.05) is 18.6 Å². The molecule has 2 aromatic rings. The molecule has 19 heavy (non-hydrogen) atoms. The minimum absolute atomic E-state index is 0.148. The molecule has 0 spiro atoms. The van der Waals surface area contributed by atoms with E-state index in [-0.39, 0.29) is 17.0 Å². The molecule has 5 heteroatoms. The number of hydrogen-bond donors (Lipinski definition) is 3. The maximum Gasteiger partial charge on any atom is 0.261 e. The van der Waals surface area contributed by atoms with Crippen LogP contribution in [-0.2, 0) is 0 Å². The van der Waals surface area contributed by atoms with E-state index < -0.39 is 0 Å². The summed E-state index contributed by atoms with van der Waals surface area (Å²) < 4.78 is 0. The van der Waals surface area contributed by atoms with Crippen LogP contribution in [0.2, 0.25) is 0 Å². The van der Waals surface area contributed by atoms with Gasteiger partial charge in [-0.15, -0.1) is 0 Å². The number of likely N-dealkylation sites (N-methyl/N-ethyl adjacent to an activating group) is 1. The van der Waals surface area contributed by atoms with Crippen LogP contribution in [0.1, 0.15) is 17.3 Å². The van der Waals surface area contributed by atoms with E-state index in [2.05, 4.69) is 15.6 Å². The zero-order valence-electron chi connectivity index (χ0n) is 10.8. The van der Waals surface area contributed by atoms with Gasteiger partial charge in [-0.25, -0.2) is 0 Å². The minimum Gasteiger partial charge on any atom is -0.351 e. The molecule has 0 saturated heterocycles. The molecule has 0 unspecified atom stereocenters. The van der Waals surface area contributed by atoms with Crippen LogP contribution in [0, 0.1) is 0 Å². The van der Waals surface area contributed by atoms with Gasteiger partial charge in [-0.1, -0.05) is 25.1 Å². The average molecular weight is 259 g/mol. The van der Waals surface area contributed by atoms with Crippen molar-refractivity contribution >= 4 is 16.8 Å². The van der Waals surface area contributed by atoms with Crippen molar-refractivity contribution in [2.45, 2.75) is 6.92 Å². The van der Waals surface area contributed by atoms with Gasteiger partial charge in [0.1, 0.15) is 5.56 Å². The van der Waals surface area contributed by atoms with Gasteiger partial charge in [0.25, 0.3) is 11.5 Å². The van der Waals surface area contributed by atoms with E-state index >= 15 is 0 Å². The van der Waals surface area contributed by atoms with Crippen LogP contribution in [0.15, 0.2) is 35.1 Å². The number of carbonyl (C=O) groups excluding carboxylic acids is 1. The molecule has 1 heterocycles. The Bertz CT molecular complexity index is 634. The molecule has 0 aliphatic rings. The average Bonchev–Trinajstić information content (AvgIpc) is 2.42. The first-order valence-corrected chi connectivity index (χ1v) is 6.33. The number of rotatable bonds is 5. The number of nitrogens with one attached hydrogen (secondary N) is 3. The number of para-hydroxylation sites is 1. The van der Waals surface area contributed by atoms with Gasteiger partial charge in [0.2, 0.25) is 0 Å². The molecule has 100 valence electrons. The van der Waals surface area contributed by atoms with Crippen LogP contribution in [0.3, 0.4) is 0 Å². The molecule has 0 atom stereocenters. The van der Waals surface area contributed by atoms with Crippen molar-refractivity contribution in [3.63, 3.8) is 0 Å². The number of hydrogen-bond acceptors (Lipinski definition) is 3.